The van der Waals surface area contributed by atoms with Gasteiger partial charge in [-0.05, 0) is 80.6 Å². The zero-order valence-electron chi connectivity index (χ0n) is 15.6. The van der Waals surface area contributed by atoms with E-state index in [0.717, 1.165) is 42.5 Å². The number of aromatic nitrogens is 2. The van der Waals surface area contributed by atoms with Crippen LogP contribution in [0.5, 0.6) is 0 Å². The number of nitrogens with zero attached hydrogens (tertiary/aromatic N) is 3. The molecule has 0 atom stereocenters. The highest BCUT2D eigenvalue weighted by atomic mass is 16.1. The number of rotatable bonds is 5. The van der Waals surface area contributed by atoms with Gasteiger partial charge in [-0.1, -0.05) is 0 Å². The number of hydrogen-bond acceptors (Lipinski definition) is 4. The van der Waals surface area contributed by atoms with Crippen LogP contribution in [0.4, 0.5) is 5.82 Å². The normalized spacial score (nSPS) is 35.1. The van der Waals surface area contributed by atoms with E-state index in [2.05, 4.69) is 20.2 Å². The lowest BCUT2D eigenvalue weighted by atomic mass is 9.49. The van der Waals surface area contributed by atoms with Crippen molar-refractivity contribution in [3.05, 3.63) is 18.1 Å². The molecule has 5 aliphatic rings. The Labute approximate surface area is 156 Å². The van der Waals surface area contributed by atoms with Crippen molar-refractivity contribution in [1.82, 2.24) is 15.3 Å². The van der Waals surface area contributed by atoms with Gasteiger partial charge in [-0.3, -0.25) is 4.79 Å². The summed E-state index contributed by atoms with van der Waals surface area (Å²) in [6.07, 6.45) is 13.1. The van der Waals surface area contributed by atoms with Crippen molar-refractivity contribution in [2.24, 2.45) is 23.2 Å². The van der Waals surface area contributed by atoms with E-state index >= 15 is 0 Å². The van der Waals surface area contributed by atoms with E-state index in [-0.39, 0.29) is 5.91 Å². The molecular weight excluding hydrogens is 324 g/mol. The summed E-state index contributed by atoms with van der Waals surface area (Å²) in [5, 5.41) is 3.11. The summed E-state index contributed by atoms with van der Waals surface area (Å²) in [7, 11) is 0. The third-order valence-electron chi connectivity index (χ3n) is 7.27. The lowest BCUT2D eigenvalue weighted by Crippen LogP contribution is -2.48. The van der Waals surface area contributed by atoms with Gasteiger partial charge in [0.25, 0.3) is 0 Å². The fourth-order valence-electron chi connectivity index (χ4n) is 6.68. The van der Waals surface area contributed by atoms with Crippen LogP contribution in [-0.4, -0.2) is 29.0 Å². The fraction of sp³-hybridized carbons (Fsp3) is 0.762. The van der Waals surface area contributed by atoms with Crippen LogP contribution < -0.4 is 10.2 Å². The van der Waals surface area contributed by atoms with E-state index in [4.69, 9.17) is 0 Å². The van der Waals surface area contributed by atoms with Crippen molar-refractivity contribution in [2.45, 2.75) is 64.3 Å². The minimum atomic E-state index is 0.196. The molecule has 0 unspecified atom stereocenters. The second-order valence-corrected chi connectivity index (χ2v) is 9.40. The van der Waals surface area contributed by atoms with Crippen molar-refractivity contribution >= 4 is 11.7 Å². The molecule has 0 spiro atoms. The summed E-state index contributed by atoms with van der Waals surface area (Å²) >= 11 is 0. The standard InChI is InChI=1S/C21H30N4O/c26-20(13-21-10-15-7-16(11-21)9-17(8-15)12-21)23-14-18-22-4-3-19(24-18)25-5-1-2-6-25/h3-4,15-17H,1-2,5-14H2,(H,23,26). The average molecular weight is 354 g/mol. The topological polar surface area (TPSA) is 58.1 Å². The van der Waals surface area contributed by atoms with E-state index in [1.807, 2.05) is 12.3 Å². The molecule has 1 aromatic heterocycles. The maximum Gasteiger partial charge on any atom is 0.220 e. The molecule has 1 amide bonds. The molecule has 4 aliphatic carbocycles. The number of hydrogen-bond donors (Lipinski definition) is 1. The molecule has 1 aromatic rings. The van der Waals surface area contributed by atoms with Crippen LogP contribution in [0.15, 0.2) is 12.3 Å². The van der Waals surface area contributed by atoms with Crippen LogP contribution in [0.1, 0.15) is 63.6 Å². The number of carbonyl (C=O) groups excluding carboxylic acids is 1. The molecule has 0 radical (unpaired) electrons. The van der Waals surface area contributed by atoms with Crippen LogP contribution in [0, 0.1) is 23.2 Å². The molecule has 4 bridgehead atoms. The molecular formula is C21H30N4O. The maximum absolute atomic E-state index is 12.7. The molecule has 5 heteroatoms. The van der Waals surface area contributed by atoms with Crippen molar-refractivity contribution < 1.29 is 4.79 Å². The third kappa shape index (κ3) is 3.21. The zero-order chi connectivity index (χ0) is 17.6. The van der Waals surface area contributed by atoms with Gasteiger partial charge in [-0.25, -0.2) is 9.97 Å². The van der Waals surface area contributed by atoms with Crippen molar-refractivity contribution in [3.8, 4) is 0 Å². The summed E-state index contributed by atoms with van der Waals surface area (Å²) in [6, 6.07) is 1.98. The smallest absolute Gasteiger partial charge is 0.220 e. The molecule has 4 saturated carbocycles. The summed E-state index contributed by atoms with van der Waals surface area (Å²) in [5.74, 6) is 4.62. The molecule has 5 nitrogen and oxygen atoms in total. The Morgan fingerprint density at radius 2 is 1.77 bits per heavy atom. The second kappa shape index (κ2) is 6.50. The van der Waals surface area contributed by atoms with Crippen LogP contribution in [-0.2, 0) is 11.3 Å². The number of nitrogens with one attached hydrogen (secondary N) is 1. The molecule has 0 aromatic carbocycles. The maximum atomic E-state index is 12.7. The summed E-state index contributed by atoms with van der Waals surface area (Å²) in [5.41, 5.74) is 0.303. The molecule has 6 rings (SSSR count). The summed E-state index contributed by atoms with van der Waals surface area (Å²) < 4.78 is 0. The zero-order valence-corrected chi connectivity index (χ0v) is 15.6. The third-order valence-corrected chi connectivity index (χ3v) is 7.27. The van der Waals surface area contributed by atoms with Crippen molar-refractivity contribution in [1.29, 1.82) is 0 Å². The molecule has 1 aliphatic heterocycles. The van der Waals surface area contributed by atoms with Crippen LogP contribution in [0.3, 0.4) is 0 Å². The monoisotopic (exact) mass is 354 g/mol. The highest BCUT2D eigenvalue weighted by Crippen LogP contribution is 2.61. The minimum Gasteiger partial charge on any atom is -0.357 e. The number of amides is 1. The number of carbonyl (C=O) groups is 1. The Kier molecular flexibility index (Phi) is 4.13. The van der Waals surface area contributed by atoms with Crippen LogP contribution in [0.25, 0.3) is 0 Å². The Morgan fingerprint density at radius 1 is 1.12 bits per heavy atom. The predicted molar refractivity (Wildman–Crippen MR) is 101 cm³/mol. The van der Waals surface area contributed by atoms with Gasteiger partial charge in [-0.15, -0.1) is 0 Å². The molecule has 140 valence electrons. The van der Waals surface area contributed by atoms with Gasteiger partial charge in [0.1, 0.15) is 11.6 Å². The van der Waals surface area contributed by atoms with Gasteiger partial charge >= 0.3 is 0 Å². The predicted octanol–water partition coefficient (Wildman–Crippen LogP) is 3.30. The van der Waals surface area contributed by atoms with E-state index in [0.29, 0.717) is 18.4 Å². The number of anilines is 1. The lowest BCUT2D eigenvalue weighted by Gasteiger charge is -2.56. The second-order valence-electron chi connectivity index (χ2n) is 9.40. The summed E-state index contributed by atoms with van der Waals surface area (Å²) in [4.78, 5) is 24.0. The molecule has 5 fully saturated rings. The average Bonchev–Trinajstić information content (AvgIpc) is 3.13. The van der Waals surface area contributed by atoms with Crippen LogP contribution >= 0.6 is 0 Å². The van der Waals surface area contributed by atoms with Gasteiger partial charge < -0.3 is 10.2 Å². The molecule has 1 saturated heterocycles. The highest BCUT2D eigenvalue weighted by molar-refractivity contribution is 5.76. The van der Waals surface area contributed by atoms with Gasteiger partial charge in [0.15, 0.2) is 0 Å². The first kappa shape index (κ1) is 16.5. The van der Waals surface area contributed by atoms with Gasteiger partial charge in [0.2, 0.25) is 5.91 Å². The first-order valence-electron chi connectivity index (χ1n) is 10.5. The Balaban J connectivity index is 1.18. The Bertz CT molecular complexity index is 647. The van der Waals surface area contributed by atoms with Crippen molar-refractivity contribution in [3.63, 3.8) is 0 Å². The van der Waals surface area contributed by atoms with Gasteiger partial charge in [0.05, 0.1) is 6.54 Å². The van der Waals surface area contributed by atoms with Crippen molar-refractivity contribution in [2.75, 3.05) is 18.0 Å². The first-order chi connectivity index (χ1) is 12.7. The largest absolute Gasteiger partial charge is 0.357 e. The van der Waals surface area contributed by atoms with E-state index in [9.17, 15) is 4.79 Å². The highest BCUT2D eigenvalue weighted by Gasteiger charge is 2.51. The molecule has 2 heterocycles. The van der Waals surface area contributed by atoms with Gasteiger partial charge in [-0.2, -0.15) is 0 Å². The van der Waals surface area contributed by atoms with E-state index in [1.54, 1.807) is 0 Å². The lowest BCUT2D eigenvalue weighted by molar-refractivity contribution is -0.129. The van der Waals surface area contributed by atoms with E-state index < -0.39 is 0 Å². The van der Waals surface area contributed by atoms with Crippen LogP contribution in [0.2, 0.25) is 0 Å². The quantitative estimate of drug-likeness (QED) is 0.881. The Hall–Kier alpha value is -1.65. The molecule has 1 N–H and O–H groups in total. The summed E-state index contributed by atoms with van der Waals surface area (Å²) in [6.45, 7) is 2.61. The minimum absolute atomic E-state index is 0.196. The Morgan fingerprint density at radius 3 is 2.42 bits per heavy atom. The van der Waals surface area contributed by atoms with E-state index in [1.165, 1.54) is 51.4 Å². The fourth-order valence-corrected chi connectivity index (χ4v) is 6.68. The molecule has 26 heavy (non-hydrogen) atoms. The SMILES string of the molecule is O=C(CC12CC3CC(CC(C3)C1)C2)NCc1nccc(N2CCCC2)n1. The van der Waals surface area contributed by atoms with Gasteiger partial charge in [0, 0.05) is 25.7 Å². The first-order valence-corrected chi connectivity index (χ1v) is 10.5.